The Kier molecular flexibility index (Phi) is 3.95. The van der Waals surface area contributed by atoms with Crippen LogP contribution in [0.25, 0.3) is 6.08 Å². The monoisotopic (exact) mass is 178 g/mol. The Hall–Kier alpha value is -0.690. The molecule has 0 heterocycles. The summed E-state index contributed by atoms with van der Waals surface area (Å²) in [6.45, 7) is 5.97. The van der Waals surface area contributed by atoms with Gasteiger partial charge in [-0.25, -0.2) is 0 Å². The molecule has 1 heteroatoms. The van der Waals surface area contributed by atoms with Gasteiger partial charge in [0.05, 0.1) is 0 Å². The van der Waals surface area contributed by atoms with Crippen molar-refractivity contribution in [2.24, 2.45) is 0 Å². The van der Waals surface area contributed by atoms with Gasteiger partial charge in [-0.1, -0.05) is 43.8 Å². The van der Waals surface area contributed by atoms with Crippen LogP contribution in [0.5, 0.6) is 0 Å². The first-order chi connectivity index (χ1) is 5.88. The van der Waals surface area contributed by atoms with Gasteiger partial charge in [0.2, 0.25) is 0 Å². The molecule has 0 aliphatic carbocycles. The molecular formula is C11H14S. The lowest BCUT2D eigenvalue weighted by Crippen LogP contribution is -1.85. The largest absolute Gasteiger partial charge is 0.157 e. The highest BCUT2D eigenvalue weighted by molar-refractivity contribution is 7.98. The van der Waals surface area contributed by atoms with Crippen LogP contribution >= 0.6 is 11.8 Å². The molecule has 0 atom stereocenters. The Labute approximate surface area is 78.7 Å². The van der Waals surface area contributed by atoms with E-state index in [9.17, 15) is 0 Å². The third kappa shape index (κ3) is 2.42. The zero-order valence-corrected chi connectivity index (χ0v) is 8.23. The summed E-state index contributed by atoms with van der Waals surface area (Å²) >= 11 is 1.94. The molecule has 0 saturated heterocycles. The molecule has 0 bridgehead atoms. The number of rotatable bonds is 4. The van der Waals surface area contributed by atoms with Gasteiger partial charge in [-0.2, -0.15) is 11.8 Å². The molecule has 0 N–H and O–H groups in total. The van der Waals surface area contributed by atoms with Crippen molar-refractivity contribution in [2.75, 3.05) is 5.75 Å². The summed E-state index contributed by atoms with van der Waals surface area (Å²) < 4.78 is 0. The highest BCUT2D eigenvalue weighted by Gasteiger charge is 1.96. The topological polar surface area (TPSA) is 0 Å². The molecule has 1 aromatic carbocycles. The SMILES string of the molecule is C=Cc1ccccc1CSCC. The molecule has 0 spiro atoms. The van der Waals surface area contributed by atoms with E-state index in [0.29, 0.717) is 0 Å². The predicted molar refractivity (Wildman–Crippen MR) is 58.4 cm³/mol. The highest BCUT2D eigenvalue weighted by atomic mass is 32.2. The maximum Gasteiger partial charge on any atom is 0.0190 e. The first-order valence-electron chi connectivity index (χ1n) is 4.16. The highest BCUT2D eigenvalue weighted by Crippen LogP contribution is 2.16. The second-order valence-corrected chi connectivity index (χ2v) is 3.81. The Bertz CT molecular complexity index is 253. The zero-order valence-electron chi connectivity index (χ0n) is 7.42. The minimum absolute atomic E-state index is 1.10. The zero-order chi connectivity index (χ0) is 8.81. The maximum absolute atomic E-state index is 3.79. The van der Waals surface area contributed by atoms with E-state index in [2.05, 4.69) is 37.8 Å². The summed E-state index contributed by atoms with van der Waals surface area (Å²) in [6.07, 6.45) is 1.92. The first kappa shape index (κ1) is 9.40. The van der Waals surface area contributed by atoms with Crippen LogP contribution in [0.2, 0.25) is 0 Å². The maximum atomic E-state index is 3.79. The van der Waals surface area contributed by atoms with Gasteiger partial charge in [0, 0.05) is 5.75 Å². The Morgan fingerprint density at radius 3 is 2.83 bits per heavy atom. The van der Waals surface area contributed by atoms with Crippen molar-refractivity contribution < 1.29 is 0 Å². The predicted octanol–water partition coefficient (Wildman–Crippen LogP) is 3.58. The van der Waals surface area contributed by atoms with E-state index in [1.165, 1.54) is 16.9 Å². The van der Waals surface area contributed by atoms with Gasteiger partial charge in [-0.05, 0) is 16.9 Å². The van der Waals surface area contributed by atoms with Gasteiger partial charge in [0.15, 0.2) is 0 Å². The molecule has 0 unspecified atom stereocenters. The van der Waals surface area contributed by atoms with Crippen molar-refractivity contribution in [1.29, 1.82) is 0 Å². The first-order valence-corrected chi connectivity index (χ1v) is 5.32. The lowest BCUT2D eigenvalue weighted by atomic mass is 10.1. The van der Waals surface area contributed by atoms with E-state index in [-0.39, 0.29) is 0 Å². The standard InChI is InChI=1S/C11H14S/c1-3-10-7-5-6-8-11(10)9-12-4-2/h3,5-8H,1,4,9H2,2H3. The van der Waals surface area contributed by atoms with Crippen LogP contribution in [0.1, 0.15) is 18.1 Å². The number of hydrogen-bond donors (Lipinski definition) is 0. The molecule has 0 aliphatic heterocycles. The second-order valence-electron chi connectivity index (χ2n) is 2.54. The second kappa shape index (κ2) is 5.04. The van der Waals surface area contributed by atoms with Crippen molar-refractivity contribution in [2.45, 2.75) is 12.7 Å². The molecule has 1 rings (SSSR count). The fraction of sp³-hybridized carbons (Fsp3) is 0.273. The number of hydrogen-bond acceptors (Lipinski definition) is 1. The van der Waals surface area contributed by atoms with Crippen molar-refractivity contribution in [3.05, 3.63) is 42.0 Å². The average Bonchev–Trinajstić information content (AvgIpc) is 2.15. The molecule has 0 nitrogen and oxygen atoms in total. The van der Waals surface area contributed by atoms with E-state index >= 15 is 0 Å². The molecular weight excluding hydrogens is 164 g/mol. The molecule has 0 aliphatic rings. The van der Waals surface area contributed by atoms with Crippen LogP contribution in [0.4, 0.5) is 0 Å². The van der Waals surface area contributed by atoms with Gasteiger partial charge in [-0.15, -0.1) is 0 Å². The van der Waals surface area contributed by atoms with Crippen LogP contribution in [0, 0.1) is 0 Å². The summed E-state index contributed by atoms with van der Waals surface area (Å²) in [6, 6.07) is 8.41. The van der Waals surface area contributed by atoms with Crippen LogP contribution in [0.15, 0.2) is 30.8 Å². The van der Waals surface area contributed by atoms with Crippen LogP contribution in [0.3, 0.4) is 0 Å². The number of benzene rings is 1. The van der Waals surface area contributed by atoms with E-state index in [4.69, 9.17) is 0 Å². The van der Waals surface area contributed by atoms with Crippen molar-refractivity contribution in [1.82, 2.24) is 0 Å². The summed E-state index contributed by atoms with van der Waals surface area (Å²) in [5.41, 5.74) is 2.65. The summed E-state index contributed by atoms with van der Waals surface area (Å²) in [4.78, 5) is 0. The van der Waals surface area contributed by atoms with E-state index in [0.717, 1.165) is 5.75 Å². The van der Waals surface area contributed by atoms with Gasteiger partial charge in [-0.3, -0.25) is 0 Å². The summed E-state index contributed by atoms with van der Waals surface area (Å²) in [7, 11) is 0. The molecule has 0 aromatic heterocycles. The third-order valence-electron chi connectivity index (χ3n) is 1.74. The van der Waals surface area contributed by atoms with Gasteiger partial charge >= 0.3 is 0 Å². The third-order valence-corrected chi connectivity index (χ3v) is 2.66. The Balaban J connectivity index is 2.75. The van der Waals surface area contributed by atoms with Crippen molar-refractivity contribution in [3.63, 3.8) is 0 Å². The van der Waals surface area contributed by atoms with E-state index in [1.807, 2.05) is 17.8 Å². The Morgan fingerprint density at radius 2 is 2.17 bits per heavy atom. The molecule has 1 aromatic rings. The average molecular weight is 178 g/mol. The smallest absolute Gasteiger partial charge is 0.0190 e. The lowest BCUT2D eigenvalue weighted by molar-refractivity contribution is 1.38. The minimum atomic E-state index is 1.10. The lowest BCUT2D eigenvalue weighted by Gasteiger charge is -2.03. The molecule has 0 saturated carbocycles. The molecule has 0 fully saturated rings. The quantitative estimate of drug-likeness (QED) is 0.679. The van der Waals surface area contributed by atoms with Crippen molar-refractivity contribution >= 4 is 17.8 Å². The fourth-order valence-corrected chi connectivity index (χ4v) is 1.76. The Morgan fingerprint density at radius 1 is 1.42 bits per heavy atom. The van der Waals surface area contributed by atoms with Gasteiger partial charge in [0.25, 0.3) is 0 Å². The van der Waals surface area contributed by atoms with Crippen LogP contribution < -0.4 is 0 Å². The van der Waals surface area contributed by atoms with Crippen LogP contribution in [-0.4, -0.2) is 5.75 Å². The normalized spacial score (nSPS) is 9.75. The van der Waals surface area contributed by atoms with E-state index < -0.39 is 0 Å². The minimum Gasteiger partial charge on any atom is -0.157 e. The van der Waals surface area contributed by atoms with Gasteiger partial charge < -0.3 is 0 Å². The fourth-order valence-electron chi connectivity index (χ4n) is 1.08. The molecule has 0 amide bonds. The molecule has 12 heavy (non-hydrogen) atoms. The molecule has 64 valence electrons. The van der Waals surface area contributed by atoms with Crippen LogP contribution in [-0.2, 0) is 5.75 Å². The summed E-state index contributed by atoms with van der Waals surface area (Å²) in [5, 5.41) is 0. The van der Waals surface area contributed by atoms with E-state index in [1.54, 1.807) is 0 Å². The molecule has 0 radical (unpaired) electrons. The van der Waals surface area contributed by atoms with Gasteiger partial charge in [0.1, 0.15) is 0 Å². The van der Waals surface area contributed by atoms with Crippen molar-refractivity contribution in [3.8, 4) is 0 Å². The summed E-state index contributed by atoms with van der Waals surface area (Å²) in [5.74, 6) is 2.27. The number of thioether (sulfide) groups is 1.